The van der Waals surface area contributed by atoms with E-state index in [4.69, 9.17) is 15.2 Å². The smallest absolute Gasteiger partial charge is 0.415 e. The van der Waals surface area contributed by atoms with E-state index in [1.165, 1.54) is 32.2 Å². The van der Waals surface area contributed by atoms with Crippen molar-refractivity contribution >= 4 is 58.9 Å². The van der Waals surface area contributed by atoms with E-state index >= 15 is 0 Å². The minimum absolute atomic E-state index is 0.0207. The zero-order valence-corrected chi connectivity index (χ0v) is 53.6. The molecule has 22 heteroatoms. The number of piperazine rings is 1. The molecule has 0 aromatic heterocycles. The number of carbonyl (C=O) groups is 7. The van der Waals surface area contributed by atoms with E-state index < -0.39 is 48.5 Å². The molecule has 3 fully saturated rings. The van der Waals surface area contributed by atoms with E-state index in [-0.39, 0.29) is 68.1 Å². The van der Waals surface area contributed by atoms with E-state index in [9.17, 15) is 38.7 Å². The molecule has 8 N–H and O–H groups in total. The van der Waals surface area contributed by atoms with Gasteiger partial charge in [0, 0.05) is 115 Å². The molecule has 10 rings (SSSR count). The van der Waals surface area contributed by atoms with Crippen LogP contribution in [0, 0.1) is 11.8 Å². The lowest BCUT2D eigenvalue weighted by molar-refractivity contribution is -0.132. The second-order valence-electron chi connectivity index (χ2n) is 25.6. The highest BCUT2D eigenvalue weighted by molar-refractivity contribution is 6.02. The van der Waals surface area contributed by atoms with E-state index in [0.29, 0.717) is 54.3 Å². The lowest BCUT2D eigenvalue weighted by atomic mass is 9.69. The van der Waals surface area contributed by atoms with Gasteiger partial charge in [0.15, 0.2) is 0 Å². The van der Waals surface area contributed by atoms with Crippen molar-refractivity contribution in [1.82, 2.24) is 40.9 Å². The number of aliphatic hydroxyl groups is 1. The van der Waals surface area contributed by atoms with Crippen LogP contribution in [0.2, 0.25) is 0 Å². The molecule has 6 atom stereocenters. The number of aliphatic hydroxyl groups excluding tert-OH is 1. The number of hydrogen-bond acceptors (Lipinski definition) is 14. The Morgan fingerprint density at radius 3 is 2.12 bits per heavy atom. The normalized spacial score (nSPS) is 19.9. The lowest BCUT2D eigenvalue weighted by Gasteiger charge is -2.40. The summed E-state index contributed by atoms with van der Waals surface area (Å²) < 4.78 is 11.5. The van der Waals surface area contributed by atoms with Gasteiger partial charge in [0.1, 0.15) is 30.7 Å². The standard InChI is InChI=1S/C70H90N12O10/c1-45(2)63(72-3)66(86)75-59(12-9-31-73-68(71)88)64(84)74-52-18-13-47(14-19-52)44-91-69(89)77(4)34-35-78(5)70(90)92-55-23-26-57-50(41-55)17-24-56(48-10-7-6-8-11-48)62(57)49-15-20-53(21-16-49)80-32-29-46(30-33-80)42-79-36-38-81(39-37-79)54-22-25-58-51(40-54)43-82(67(58)87)60-27-28-61(83)76-65(60)85/h6-8,10-11,13-16,18-23,25-26,40-41,45-46,56,59-63,72,83H,9,12,17,24,27-39,42-44H2,1-5H3,(H,74,84)(H,75,86)(H,76,85)(H3,71,73,88)/t56-,59+,60+,61?,62+,63+/m1/s1. The van der Waals surface area contributed by atoms with E-state index in [1.54, 1.807) is 50.3 Å². The summed E-state index contributed by atoms with van der Waals surface area (Å²) in [6.45, 7) is 11.7. The summed E-state index contributed by atoms with van der Waals surface area (Å²) in [5, 5.41) is 23.6. The maximum absolute atomic E-state index is 13.5. The van der Waals surface area contributed by atoms with Gasteiger partial charge in [-0.15, -0.1) is 0 Å². The van der Waals surface area contributed by atoms with Crippen LogP contribution in [0.5, 0.6) is 5.75 Å². The molecule has 3 saturated heterocycles. The van der Waals surface area contributed by atoms with Gasteiger partial charge in [0.2, 0.25) is 17.7 Å². The van der Waals surface area contributed by atoms with Crippen LogP contribution >= 0.6 is 0 Å². The van der Waals surface area contributed by atoms with Gasteiger partial charge in [-0.1, -0.05) is 74.5 Å². The number of aryl methyl sites for hydroxylation is 1. The predicted molar refractivity (Wildman–Crippen MR) is 352 cm³/mol. The van der Waals surface area contributed by atoms with Gasteiger partial charge in [-0.2, -0.15) is 0 Å². The highest BCUT2D eigenvalue weighted by Gasteiger charge is 2.40. The largest absolute Gasteiger partial charge is 0.445 e. The van der Waals surface area contributed by atoms with Crippen molar-refractivity contribution in [2.45, 2.75) is 115 Å². The van der Waals surface area contributed by atoms with Crippen LogP contribution in [0.4, 0.5) is 31.4 Å². The van der Waals surface area contributed by atoms with Gasteiger partial charge in [-0.05, 0) is 164 Å². The highest BCUT2D eigenvalue weighted by atomic mass is 16.6. The number of carbonyl (C=O) groups excluding carboxylic acids is 7. The third kappa shape index (κ3) is 16.5. The van der Waals surface area contributed by atoms with Crippen LogP contribution in [0.25, 0.3) is 0 Å². The molecule has 0 spiro atoms. The molecule has 0 bridgehead atoms. The van der Waals surface area contributed by atoms with Gasteiger partial charge in [-0.3, -0.25) is 24.1 Å². The lowest BCUT2D eigenvalue weighted by Crippen LogP contribution is -2.54. The Labute approximate surface area is 539 Å². The molecule has 5 aromatic rings. The number of hydrogen-bond donors (Lipinski definition) is 7. The summed E-state index contributed by atoms with van der Waals surface area (Å²) in [5.41, 5.74) is 15.2. The number of piperidine rings is 2. The number of urea groups is 1. The fourth-order valence-corrected chi connectivity index (χ4v) is 13.7. The quantitative estimate of drug-likeness (QED) is 0.0327. The first-order valence-electron chi connectivity index (χ1n) is 32.5. The molecule has 490 valence electrons. The molecule has 5 aromatic carbocycles. The van der Waals surface area contributed by atoms with E-state index in [0.717, 1.165) is 88.3 Å². The number of rotatable bonds is 23. The molecule has 8 amide bonds. The number of nitrogens with one attached hydrogen (secondary N) is 5. The van der Waals surface area contributed by atoms with Crippen LogP contribution in [0.3, 0.4) is 0 Å². The highest BCUT2D eigenvalue weighted by Crippen LogP contribution is 2.47. The van der Waals surface area contributed by atoms with Crippen LogP contribution in [0.1, 0.15) is 114 Å². The summed E-state index contributed by atoms with van der Waals surface area (Å²) in [5.74, 6) is 0.265. The van der Waals surface area contributed by atoms with Gasteiger partial charge in [-0.25, -0.2) is 14.4 Å². The Hall–Kier alpha value is -8.73. The van der Waals surface area contributed by atoms with Crippen molar-refractivity contribution in [3.05, 3.63) is 154 Å². The number of nitrogens with zero attached hydrogens (tertiary/aromatic N) is 6. The van der Waals surface area contributed by atoms with Crippen LogP contribution in [-0.4, -0.2) is 177 Å². The molecule has 22 nitrogen and oxygen atoms in total. The number of nitrogens with two attached hydrogens (primary N) is 1. The maximum Gasteiger partial charge on any atom is 0.415 e. The molecule has 1 aliphatic carbocycles. The zero-order chi connectivity index (χ0) is 65.0. The maximum atomic E-state index is 13.5. The summed E-state index contributed by atoms with van der Waals surface area (Å²) in [6.07, 6.45) is 3.59. The summed E-state index contributed by atoms with van der Waals surface area (Å²) in [6, 6.07) is 36.2. The molecule has 5 aliphatic rings. The Bertz CT molecular complexity index is 3390. The predicted octanol–water partition coefficient (Wildman–Crippen LogP) is 6.95. The van der Waals surface area contributed by atoms with Crippen LogP contribution in [0.15, 0.2) is 115 Å². The van der Waals surface area contributed by atoms with Crippen molar-refractivity contribution in [1.29, 1.82) is 0 Å². The molecular weight excluding hydrogens is 1170 g/mol. The number of amides is 8. The Balaban J connectivity index is 0.670. The van der Waals surface area contributed by atoms with Crippen LogP contribution < -0.4 is 46.9 Å². The molecule has 92 heavy (non-hydrogen) atoms. The van der Waals surface area contributed by atoms with Crippen LogP contribution in [-0.2, 0) is 38.7 Å². The van der Waals surface area contributed by atoms with Crippen molar-refractivity contribution in [2.24, 2.45) is 17.6 Å². The van der Waals surface area contributed by atoms with Crippen molar-refractivity contribution in [3.63, 3.8) is 0 Å². The van der Waals surface area contributed by atoms with Gasteiger partial charge in [0.25, 0.3) is 5.91 Å². The minimum Gasteiger partial charge on any atom is -0.445 e. The molecular formula is C70H90N12O10. The summed E-state index contributed by atoms with van der Waals surface area (Å²) in [7, 11) is 4.91. The first-order chi connectivity index (χ1) is 44.4. The minimum atomic E-state index is -0.878. The number of ether oxygens (including phenoxy) is 2. The Morgan fingerprint density at radius 2 is 1.43 bits per heavy atom. The number of fused-ring (bicyclic) bond motifs is 2. The summed E-state index contributed by atoms with van der Waals surface area (Å²) >= 11 is 0. The van der Waals surface area contributed by atoms with Crippen molar-refractivity contribution < 1.29 is 48.1 Å². The monoisotopic (exact) mass is 1260 g/mol. The SMILES string of the molecule is CN[C@H](C(=O)N[C@@H](CCCNC(N)=O)C(=O)Nc1ccc(COC(=O)N(C)CCN(C)C(=O)Oc2ccc3c(c2)CC[C@H](c2ccccc2)[C@@H]3c2ccc(N3CCC(CN4CCN(c5ccc6c(c5)CN([C@H]5CCC(O)NC5=O)C6=O)CC4)CC3)cc2)cc1)C(C)C. The fourth-order valence-electron chi connectivity index (χ4n) is 13.7. The first kappa shape index (κ1) is 66.2. The average molecular weight is 1260 g/mol. The van der Waals surface area contributed by atoms with Gasteiger partial charge < -0.3 is 71.4 Å². The first-order valence-corrected chi connectivity index (χ1v) is 32.5. The van der Waals surface area contributed by atoms with E-state index in [2.05, 4.69) is 108 Å². The number of benzene rings is 5. The average Bonchev–Trinajstić information content (AvgIpc) is 1.37. The number of anilines is 3. The van der Waals surface area contributed by atoms with Crippen molar-refractivity contribution in [3.8, 4) is 5.75 Å². The second-order valence-corrected chi connectivity index (χ2v) is 25.6. The second kappa shape index (κ2) is 30.6. The van der Waals surface area contributed by atoms with Crippen molar-refractivity contribution in [2.75, 3.05) is 102 Å². The molecule has 0 saturated carbocycles. The number of primary amides is 1. The fraction of sp³-hybridized carbons (Fsp3) is 0.471. The Kier molecular flexibility index (Phi) is 22.0. The molecule has 0 radical (unpaired) electrons. The molecule has 4 heterocycles. The number of likely N-dealkylation sites (N-methyl/N-ethyl adjacent to an activating group) is 3. The van der Waals surface area contributed by atoms with E-state index in [1.807, 2.05) is 38.1 Å². The third-order valence-corrected chi connectivity index (χ3v) is 19.0. The topological polar surface area (TPSA) is 264 Å². The van der Waals surface area contributed by atoms with Gasteiger partial charge in [0.05, 0.1) is 6.04 Å². The summed E-state index contributed by atoms with van der Waals surface area (Å²) in [4.78, 5) is 102. The molecule has 4 aliphatic heterocycles. The Morgan fingerprint density at radius 1 is 0.739 bits per heavy atom. The third-order valence-electron chi connectivity index (χ3n) is 19.0. The molecule has 1 unspecified atom stereocenters. The zero-order valence-electron chi connectivity index (χ0n) is 53.6. The van der Waals surface area contributed by atoms with Gasteiger partial charge >= 0.3 is 18.2 Å².